The number of aromatic carboxylic acids is 1. The first-order valence-electron chi connectivity index (χ1n) is 4.84. The maximum absolute atomic E-state index is 13.4. The van der Waals surface area contributed by atoms with E-state index in [1.165, 1.54) is 31.2 Å². The molecule has 90 valence electrons. The summed E-state index contributed by atoms with van der Waals surface area (Å²) >= 11 is 1.08. The second-order valence-corrected chi connectivity index (χ2v) is 4.41. The first-order valence-corrected chi connectivity index (χ1v) is 5.82. The second-order valence-electron chi connectivity index (χ2n) is 3.21. The molecule has 0 fully saturated rings. The lowest BCUT2D eigenvalue weighted by atomic mass is 10.1. The number of benzene rings is 1. The van der Waals surface area contributed by atoms with E-state index in [1.807, 2.05) is 0 Å². The van der Waals surface area contributed by atoms with Crippen molar-refractivity contribution in [2.75, 3.05) is 5.75 Å². The molecule has 0 atom stereocenters. The molecule has 1 rings (SSSR count). The molecule has 0 aliphatic rings. The van der Waals surface area contributed by atoms with Crippen molar-refractivity contribution < 1.29 is 19.1 Å². The minimum Gasteiger partial charge on any atom is -0.478 e. The molecule has 0 saturated carbocycles. The molecule has 0 amide bonds. The molecule has 1 N–H and O–H groups in total. The number of carbonyl (C=O) groups is 2. The molecule has 0 aliphatic carbocycles. The first kappa shape index (κ1) is 13.4. The van der Waals surface area contributed by atoms with Gasteiger partial charge in [0.05, 0.1) is 5.56 Å². The van der Waals surface area contributed by atoms with Gasteiger partial charge in [-0.2, -0.15) is 0 Å². The number of halogens is 1. The van der Waals surface area contributed by atoms with Crippen molar-refractivity contribution in [3.63, 3.8) is 0 Å². The summed E-state index contributed by atoms with van der Waals surface area (Å²) in [7, 11) is 0. The van der Waals surface area contributed by atoms with E-state index in [0.717, 1.165) is 11.8 Å². The van der Waals surface area contributed by atoms with Crippen LogP contribution in [0.25, 0.3) is 6.08 Å². The van der Waals surface area contributed by atoms with Gasteiger partial charge in [-0.25, -0.2) is 9.18 Å². The van der Waals surface area contributed by atoms with Gasteiger partial charge >= 0.3 is 5.97 Å². The van der Waals surface area contributed by atoms with Crippen LogP contribution in [0.15, 0.2) is 24.3 Å². The number of thioether (sulfide) groups is 1. The fourth-order valence-corrected chi connectivity index (χ4v) is 1.65. The van der Waals surface area contributed by atoms with Crippen LogP contribution in [-0.2, 0) is 4.79 Å². The van der Waals surface area contributed by atoms with Gasteiger partial charge in [-0.1, -0.05) is 30.0 Å². The van der Waals surface area contributed by atoms with Gasteiger partial charge in [0.25, 0.3) is 0 Å². The lowest BCUT2D eigenvalue weighted by Gasteiger charge is -2.02. The van der Waals surface area contributed by atoms with Crippen LogP contribution in [-0.4, -0.2) is 21.9 Å². The summed E-state index contributed by atoms with van der Waals surface area (Å²) in [6, 6.07) is 3.88. The lowest BCUT2D eigenvalue weighted by molar-refractivity contribution is -0.109. The number of carbonyl (C=O) groups excluding carboxylic acids is 1. The molecule has 1 aromatic rings. The van der Waals surface area contributed by atoms with E-state index in [0.29, 0.717) is 5.75 Å². The van der Waals surface area contributed by atoms with Crippen molar-refractivity contribution in [1.29, 1.82) is 0 Å². The number of hydrogen-bond donors (Lipinski definition) is 1. The summed E-state index contributed by atoms with van der Waals surface area (Å²) in [5.41, 5.74) is -0.0572. The number of carboxylic acids is 1. The summed E-state index contributed by atoms with van der Waals surface area (Å²) < 4.78 is 13.4. The van der Waals surface area contributed by atoms with E-state index in [9.17, 15) is 14.0 Å². The normalized spacial score (nSPS) is 10.7. The van der Waals surface area contributed by atoms with Crippen molar-refractivity contribution in [1.82, 2.24) is 0 Å². The van der Waals surface area contributed by atoms with Gasteiger partial charge < -0.3 is 5.11 Å². The van der Waals surface area contributed by atoms with Crippen LogP contribution in [0.5, 0.6) is 0 Å². The Hall–Kier alpha value is -1.62. The van der Waals surface area contributed by atoms with Crippen molar-refractivity contribution in [2.24, 2.45) is 0 Å². The van der Waals surface area contributed by atoms with E-state index in [4.69, 9.17) is 5.11 Å². The lowest BCUT2D eigenvalue weighted by Crippen LogP contribution is -2.01. The Balaban J connectivity index is 2.89. The van der Waals surface area contributed by atoms with Gasteiger partial charge in [0.15, 0.2) is 5.12 Å². The summed E-state index contributed by atoms with van der Waals surface area (Å²) in [4.78, 5) is 21.5. The highest BCUT2D eigenvalue weighted by atomic mass is 32.2. The van der Waals surface area contributed by atoms with Crippen LogP contribution < -0.4 is 0 Å². The number of carboxylic acid groups (broad SMARTS) is 1. The molecule has 0 heterocycles. The van der Waals surface area contributed by atoms with Crippen LogP contribution in [0, 0.1) is 5.82 Å². The topological polar surface area (TPSA) is 54.4 Å². The molecule has 0 radical (unpaired) electrons. The number of hydrogen-bond acceptors (Lipinski definition) is 3. The van der Waals surface area contributed by atoms with Gasteiger partial charge in [-0.05, 0) is 12.1 Å². The Morgan fingerprint density at radius 2 is 2.18 bits per heavy atom. The zero-order valence-corrected chi connectivity index (χ0v) is 9.96. The average molecular weight is 254 g/mol. The van der Waals surface area contributed by atoms with E-state index >= 15 is 0 Å². The molecule has 0 aromatic heterocycles. The summed E-state index contributed by atoms with van der Waals surface area (Å²) in [5, 5.41) is 8.83. The van der Waals surface area contributed by atoms with Gasteiger partial charge in [-0.15, -0.1) is 0 Å². The van der Waals surface area contributed by atoms with Crippen LogP contribution in [0.1, 0.15) is 22.8 Å². The molecule has 0 bridgehead atoms. The molecule has 1 aromatic carbocycles. The third-order valence-electron chi connectivity index (χ3n) is 1.95. The molecule has 3 nitrogen and oxygen atoms in total. The zero-order valence-electron chi connectivity index (χ0n) is 9.14. The average Bonchev–Trinajstić information content (AvgIpc) is 2.25. The predicted octanol–water partition coefficient (Wildman–Crippen LogP) is 2.82. The smallest absolute Gasteiger partial charge is 0.336 e. The largest absolute Gasteiger partial charge is 0.478 e. The minimum absolute atomic E-state index is 0.0316. The second kappa shape index (κ2) is 6.20. The van der Waals surface area contributed by atoms with Crippen molar-refractivity contribution in [2.45, 2.75) is 6.92 Å². The van der Waals surface area contributed by atoms with Gasteiger partial charge in [0.2, 0.25) is 0 Å². The van der Waals surface area contributed by atoms with Gasteiger partial charge in [-0.3, -0.25) is 4.79 Å². The minimum atomic E-state index is -1.18. The maximum atomic E-state index is 13.4. The summed E-state index contributed by atoms with van der Waals surface area (Å²) in [6.07, 6.45) is 2.95. The first-order chi connectivity index (χ1) is 8.02. The van der Waals surface area contributed by atoms with Crippen LogP contribution >= 0.6 is 11.8 Å². The predicted molar refractivity (Wildman–Crippen MR) is 65.5 cm³/mol. The number of rotatable bonds is 4. The molecule has 0 saturated heterocycles. The van der Waals surface area contributed by atoms with E-state index in [-0.39, 0.29) is 16.2 Å². The standard InChI is InChI=1S/C12H11FO3S/c1-8(14)17-7-3-5-9-10(12(15)16)4-2-6-11(9)13/h2-6H,7H2,1H3,(H,15,16). The van der Waals surface area contributed by atoms with E-state index in [1.54, 1.807) is 6.08 Å². The van der Waals surface area contributed by atoms with Crippen LogP contribution in [0.3, 0.4) is 0 Å². The molecular formula is C12H11FO3S. The van der Waals surface area contributed by atoms with Crippen LogP contribution in [0.2, 0.25) is 0 Å². The highest BCUT2D eigenvalue weighted by molar-refractivity contribution is 8.13. The van der Waals surface area contributed by atoms with E-state index < -0.39 is 11.8 Å². The van der Waals surface area contributed by atoms with Crippen molar-refractivity contribution >= 4 is 28.9 Å². The molecule has 0 spiro atoms. The molecular weight excluding hydrogens is 243 g/mol. The third kappa shape index (κ3) is 4.03. The van der Waals surface area contributed by atoms with Gasteiger partial charge in [0, 0.05) is 18.2 Å². The fourth-order valence-electron chi connectivity index (χ4n) is 1.22. The Kier molecular flexibility index (Phi) is 4.90. The molecule has 0 unspecified atom stereocenters. The Labute approximate surface area is 102 Å². The Morgan fingerprint density at radius 1 is 1.47 bits per heavy atom. The molecule has 17 heavy (non-hydrogen) atoms. The zero-order chi connectivity index (χ0) is 12.8. The van der Waals surface area contributed by atoms with Crippen molar-refractivity contribution in [3.05, 3.63) is 41.2 Å². The Bertz CT molecular complexity index is 469. The highest BCUT2D eigenvalue weighted by Gasteiger charge is 2.11. The SMILES string of the molecule is CC(=O)SCC=Cc1c(F)cccc1C(=O)O. The van der Waals surface area contributed by atoms with Gasteiger partial charge in [0.1, 0.15) is 5.82 Å². The summed E-state index contributed by atoms with van der Waals surface area (Å²) in [6.45, 7) is 1.43. The monoisotopic (exact) mass is 254 g/mol. The quantitative estimate of drug-likeness (QED) is 0.897. The van der Waals surface area contributed by atoms with E-state index in [2.05, 4.69) is 0 Å². The molecule has 5 heteroatoms. The van der Waals surface area contributed by atoms with Crippen molar-refractivity contribution in [3.8, 4) is 0 Å². The summed E-state index contributed by atoms with van der Waals surface area (Å²) in [5.74, 6) is -1.37. The maximum Gasteiger partial charge on any atom is 0.336 e. The highest BCUT2D eigenvalue weighted by Crippen LogP contribution is 2.16. The molecule has 0 aliphatic heterocycles. The fraction of sp³-hybridized carbons (Fsp3) is 0.167. The third-order valence-corrected chi connectivity index (χ3v) is 2.72. The Morgan fingerprint density at radius 3 is 2.76 bits per heavy atom. The van der Waals surface area contributed by atoms with Crippen LogP contribution in [0.4, 0.5) is 4.39 Å².